The molecule has 0 spiro atoms. The first-order valence-corrected chi connectivity index (χ1v) is 33.6. The van der Waals surface area contributed by atoms with Crippen molar-refractivity contribution >= 4 is 35.8 Å². The first kappa shape index (κ1) is 85.5. The molecule has 0 aromatic heterocycles. The van der Waals surface area contributed by atoms with Gasteiger partial charge in [-0.1, -0.05) is 182 Å². The van der Waals surface area contributed by atoms with Crippen molar-refractivity contribution in [3.05, 3.63) is 0 Å². The summed E-state index contributed by atoms with van der Waals surface area (Å²) in [6.07, 6.45) is 34.0. The van der Waals surface area contributed by atoms with Gasteiger partial charge in [-0.2, -0.15) is 0 Å². The van der Waals surface area contributed by atoms with E-state index >= 15 is 0 Å². The van der Waals surface area contributed by atoms with Gasteiger partial charge >= 0.3 is 35.8 Å². The van der Waals surface area contributed by atoms with E-state index in [9.17, 15) is 33.9 Å². The Morgan fingerprint density at radius 2 is 0.619 bits per heavy atom. The van der Waals surface area contributed by atoms with E-state index in [-0.39, 0.29) is 98.3 Å². The van der Waals surface area contributed by atoms with Gasteiger partial charge in [-0.3, -0.25) is 28.8 Å². The minimum absolute atomic E-state index is 0. The fraction of sp³-hybridized carbons (Fsp3) is 0.910. The van der Waals surface area contributed by atoms with Crippen molar-refractivity contribution in [2.45, 2.75) is 322 Å². The summed E-state index contributed by atoms with van der Waals surface area (Å²) in [5.41, 5.74) is 0. The average Bonchev–Trinajstić information content (AvgIpc) is 3.42. The van der Waals surface area contributed by atoms with Gasteiger partial charge in [0.1, 0.15) is 38.5 Å². The highest BCUT2D eigenvalue weighted by Gasteiger charge is 2.25. The minimum atomic E-state index is -0.829. The number of carbonyl (C=O) groups is 6. The van der Waals surface area contributed by atoms with Gasteiger partial charge in [-0.05, 0) is 76.5 Å². The summed E-state index contributed by atoms with van der Waals surface area (Å²) in [6, 6.07) is 0. The maximum Gasteiger partial charge on any atom is 0.308 e. The summed E-state index contributed by atoms with van der Waals surface area (Å²) < 4.78 is 35.4. The minimum Gasteiger partial charge on any atom is -1.00 e. The topological polar surface area (TPSA) is 178 Å². The van der Waals surface area contributed by atoms with Crippen molar-refractivity contribution in [2.75, 3.05) is 68.6 Å². The number of hydrogen-bond acceptors (Lipinski definition) is 13. The van der Waals surface area contributed by atoms with Gasteiger partial charge in [-0.15, -0.1) is 0 Å². The van der Waals surface area contributed by atoms with Crippen molar-refractivity contribution in [1.29, 1.82) is 0 Å². The quantitative estimate of drug-likeness (QED) is 0.0201. The molecule has 5 unspecified atom stereocenters. The van der Waals surface area contributed by atoms with Crippen LogP contribution in [0.2, 0.25) is 0 Å². The van der Waals surface area contributed by atoms with Crippen LogP contribution in [-0.4, -0.2) is 143 Å². The molecule has 0 saturated carbocycles. The Morgan fingerprint density at radius 1 is 0.333 bits per heavy atom. The zero-order chi connectivity index (χ0) is 61.1. The van der Waals surface area contributed by atoms with Crippen LogP contribution in [0, 0.1) is 5.92 Å². The summed E-state index contributed by atoms with van der Waals surface area (Å²) in [6.45, 7) is 10.9. The lowest BCUT2D eigenvalue weighted by Crippen LogP contribution is -3.00. The standard InChI is InChI=1S/C67H128N2O13.2ClH/c1-11-14-17-18-23-32-39-52-67(81-65(75)46-37-30-26-21-19-24-28-35-42-57(4)59(44-33-15-12-2)79-63(73)50-40-48-61(71)77-55-53-68(5,6)7)82-66(76)47-38-31-27-22-20-25-29-36-43-58(70)60(45-34-16-13-3)80-64(74)51-41-49-62(72)78-56-54-69(8,9)10;;/h57-60,67,70H,11-56H2,1-10H3;2*1H/q+2;;/p-2. The van der Waals surface area contributed by atoms with Crippen LogP contribution in [0.15, 0.2) is 0 Å². The summed E-state index contributed by atoms with van der Waals surface area (Å²) in [5, 5.41) is 11.0. The molecule has 17 heteroatoms. The first-order chi connectivity index (χ1) is 39.2. The van der Waals surface area contributed by atoms with E-state index in [1.165, 1.54) is 25.7 Å². The second kappa shape index (κ2) is 56.8. The highest BCUT2D eigenvalue weighted by Crippen LogP contribution is 2.24. The molecule has 0 radical (unpaired) electrons. The summed E-state index contributed by atoms with van der Waals surface area (Å²) in [4.78, 5) is 75.6. The average molecular weight is 1240 g/mol. The van der Waals surface area contributed by atoms with Crippen LogP contribution in [0.4, 0.5) is 0 Å². The second-order valence-electron chi connectivity index (χ2n) is 25.8. The number of aliphatic hydroxyl groups excluding tert-OH is 1. The van der Waals surface area contributed by atoms with Crippen molar-refractivity contribution in [1.82, 2.24) is 0 Å². The summed E-state index contributed by atoms with van der Waals surface area (Å²) in [5.74, 6) is -1.47. The third-order valence-corrected chi connectivity index (χ3v) is 15.4. The molecule has 0 saturated heterocycles. The zero-order valence-electron chi connectivity index (χ0n) is 55.4. The Morgan fingerprint density at radius 3 is 1.02 bits per heavy atom. The van der Waals surface area contributed by atoms with E-state index in [2.05, 4.69) is 48.8 Å². The Hall–Kier alpha value is -2.72. The Labute approximate surface area is 526 Å². The molecule has 84 heavy (non-hydrogen) atoms. The van der Waals surface area contributed by atoms with Crippen molar-refractivity contribution in [3.8, 4) is 0 Å². The van der Waals surface area contributed by atoms with Gasteiger partial charge in [0.2, 0.25) is 6.29 Å². The third-order valence-electron chi connectivity index (χ3n) is 15.4. The number of likely N-dealkylation sites (N-methyl/N-ethyl adjacent to an activating group) is 2. The lowest BCUT2D eigenvalue weighted by Gasteiger charge is -2.24. The molecule has 0 aromatic rings. The molecule has 0 amide bonds. The van der Waals surface area contributed by atoms with Crippen LogP contribution >= 0.6 is 0 Å². The summed E-state index contributed by atoms with van der Waals surface area (Å²) >= 11 is 0. The predicted molar refractivity (Wildman–Crippen MR) is 330 cm³/mol. The molecule has 0 aromatic carbocycles. The Kier molecular flexibility index (Phi) is 57.8. The van der Waals surface area contributed by atoms with Crippen LogP contribution in [0.5, 0.6) is 0 Å². The van der Waals surface area contributed by atoms with Gasteiger partial charge in [0.05, 0.1) is 48.4 Å². The van der Waals surface area contributed by atoms with E-state index in [0.29, 0.717) is 62.6 Å². The SMILES string of the molecule is CCCCCCCCCC(OC(=O)CCCCCCCCCCC(C)C(CCCCC)OC(=O)CCCC(=O)OCC[N+](C)(C)C)OC(=O)CCCCCCCCCCC(O)C(CCCCC)OC(=O)CCCC(=O)OCC[N+](C)(C)C.[Cl-].[Cl-]. The van der Waals surface area contributed by atoms with E-state index in [0.717, 1.165) is 191 Å². The van der Waals surface area contributed by atoms with Gasteiger partial charge < -0.3 is 67.3 Å². The molecule has 5 atom stereocenters. The highest BCUT2D eigenvalue weighted by molar-refractivity contribution is 5.73. The van der Waals surface area contributed by atoms with Crippen molar-refractivity contribution in [2.24, 2.45) is 5.92 Å². The molecular weight excluding hydrogens is 1110 g/mol. The molecular formula is C67H128Cl2N2O13. The van der Waals surface area contributed by atoms with E-state index in [1.807, 2.05) is 21.1 Å². The molecule has 0 heterocycles. The number of carbonyl (C=O) groups excluding carboxylic acids is 6. The van der Waals surface area contributed by atoms with Gasteiger partial charge in [0.15, 0.2) is 0 Å². The van der Waals surface area contributed by atoms with Crippen LogP contribution in [0.3, 0.4) is 0 Å². The van der Waals surface area contributed by atoms with Crippen molar-refractivity contribution in [3.63, 3.8) is 0 Å². The zero-order valence-corrected chi connectivity index (χ0v) is 56.9. The smallest absolute Gasteiger partial charge is 0.308 e. The number of halogens is 2. The monoisotopic (exact) mass is 1240 g/mol. The number of nitrogens with zero attached hydrogens (tertiary/aromatic N) is 2. The number of ether oxygens (including phenoxy) is 6. The van der Waals surface area contributed by atoms with E-state index in [1.54, 1.807) is 0 Å². The number of aliphatic hydroxyl groups is 1. The maximum absolute atomic E-state index is 13.0. The molecule has 498 valence electrons. The van der Waals surface area contributed by atoms with E-state index < -0.39 is 18.5 Å². The van der Waals surface area contributed by atoms with Gasteiger partial charge in [-0.25, -0.2) is 0 Å². The fourth-order valence-electron chi connectivity index (χ4n) is 9.87. The molecule has 0 aliphatic rings. The third kappa shape index (κ3) is 57.0. The molecule has 0 rings (SSSR count). The molecule has 15 nitrogen and oxygen atoms in total. The number of rotatable bonds is 58. The van der Waals surface area contributed by atoms with Crippen LogP contribution in [-0.2, 0) is 57.2 Å². The normalized spacial score (nSPS) is 13.3. The number of unbranched alkanes of at least 4 members (excludes halogenated alkanes) is 24. The lowest BCUT2D eigenvalue weighted by molar-refractivity contribution is -0.870. The molecule has 0 aliphatic carbocycles. The van der Waals surface area contributed by atoms with Crippen LogP contribution < -0.4 is 24.8 Å². The summed E-state index contributed by atoms with van der Waals surface area (Å²) in [7, 11) is 12.3. The van der Waals surface area contributed by atoms with Gasteiger partial charge in [0.25, 0.3) is 0 Å². The molecule has 1 N–H and O–H groups in total. The number of esters is 6. The first-order valence-electron chi connectivity index (χ1n) is 33.6. The second-order valence-corrected chi connectivity index (χ2v) is 25.8. The van der Waals surface area contributed by atoms with Crippen LogP contribution in [0.1, 0.15) is 297 Å². The van der Waals surface area contributed by atoms with Gasteiger partial charge in [0, 0.05) is 44.9 Å². The molecule has 0 aliphatic heterocycles. The van der Waals surface area contributed by atoms with Crippen LogP contribution in [0.25, 0.3) is 0 Å². The predicted octanol–water partition coefficient (Wildman–Crippen LogP) is 9.17. The number of quaternary nitrogens is 2. The molecule has 0 fully saturated rings. The molecule has 0 bridgehead atoms. The maximum atomic E-state index is 13.0. The highest BCUT2D eigenvalue weighted by atomic mass is 35.5. The Balaban J connectivity index is -0.0000328. The fourth-order valence-corrected chi connectivity index (χ4v) is 9.87. The van der Waals surface area contributed by atoms with E-state index in [4.69, 9.17) is 28.4 Å². The largest absolute Gasteiger partial charge is 1.00 e. The Bertz CT molecular complexity index is 1500. The number of hydrogen-bond donors (Lipinski definition) is 1. The lowest BCUT2D eigenvalue weighted by atomic mass is 9.93. The van der Waals surface area contributed by atoms with Crippen molar-refractivity contribution < 1.29 is 96.1 Å².